The number of amides is 2. The average Bonchev–Trinajstić information content (AvgIpc) is 2.54. The molecule has 1 saturated carbocycles. The number of benzene rings is 2. The van der Waals surface area contributed by atoms with Crippen molar-refractivity contribution >= 4 is 6.03 Å². The Bertz CT molecular complexity index is 612. The van der Waals surface area contributed by atoms with E-state index in [1.165, 1.54) is 6.42 Å². The van der Waals surface area contributed by atoms with Crippen LogP contribution in [-0.2, 0) is 11.4 Å². The number of hydrogen-bond acceptors (Lipinski definition) is 2. The lowest BCUT2D eigenvalue weighted by molar-refractivity contribution is 0.0464. The van der Waals surface area contributed by atoms with Crippen LogP contribution in [0.2, 0.25) is 0 Å². The van der Waals surface area contributed by atoms with Crippen molar-refractivity contribution in [2.75, 3.05) is 0 Å². The van der Waals surface area contributed by atoms with E-state index in [-0.39, 0.29) is 12.1 Å². The van der Waals surface area contributed by atoms with Crippen LogP contribution in [0.25, 0.3) is 0 Å². The molecule has 120 valence electrons. The summed E-state index contributed by atoms with van der Waals surface area (Å²) < 4.78 is 0. The number of hydroxylamine groups is 1. The third-order valence-corrected chi connectivity index (χ3v) is 4.31. The topological polar surface area (TPSA) is 50.4 Å². The van der Waals surface area contributed by atoms with Gasteiger partial charge in [-0.3, -0.25) is 4.84 Å². The predicted molar refractivity (Wildman–Crippen MR) is 89.4 cm³/mol. The number of urea groups is 1. The van der Waals surface area contributed by atoms with E-state index in [0.717, 1.165) is 24.0 Å². The van der Waals surface area contributed by atoms with Gasteiger partial charge in [-0.05, 0) is 29.9 Å². The molecule has 1 aliphatic rings. The van der Waals surface area contributed by atoms with E-state index < -0.39 is 0 Å². The largest absolute Gasteiger partial charge is 0.339 e. The van der Waals surface area contributed by atoms with E-state index in [0.29, 0.717) is 12.5 Å². The van der Waals surface area contributed by atoms with Gasteiger partial charge in [-0.15, -0.1) is 0 Å². The lowest BCUT2D eigenvalue weighted by atomic mass is 9.77. The molecule has 4 nitrogen and oxygen atoms in total. The maximum Gasteiger partial charge on any atom is 0.339 e. The molecule has 3 rings (SSSR count). The molecule has 1 atom stereocenters. The zero-order valence-corrected chi connectivity index (χ0v) is 13.1. The van der Waals surface area contributed by atoms with Gasteiger partial charge < -0.3 is 5.32 Å². The van der Waals surface area contributed by atoms with Crippen LogP contribution in [0.3, 0.4) is 0 Å². The van der Waals surface area contributed by atoms with E-state index in [1.807, 2.05) is 48.5 Å². The van der Waals surface area contributed by atoms with Crippen LogP contribution in [0.5, 0.6) is 0 Å². The van der Waals surface area contributed by atoms with Crippen molar-refractivity contribution in [2.24, 2.45) is 5.92 Å². The van der Waals surface area contributed by atoms with Gasteiger partial charge in [0.25, 0.3) is 0 Å². The van der Waals surface area contributed by atoms with Crippen LogP contribution >= 0.6 is 0 Å². The number of hydrogen-bond donors (Lipinski definition) is 2. The molecule has 23 heavy (non-hydrogen) atoms. The lowest BCUT2D eigenvalue weighted by Crippen LogP contribution is -2.42. The van der Waals surface area contributed by atoms with Crippen LogP contribution in [-0.4, -0.2) is 6.03 Å². The highest BCUT2D eigenvalue weighted by atomic mass is 16.7. The van der Waals surface area contributed by atoms with Gasteiger partial charge in [-0.2, -0.15) is 0 Å². The maximum absolute atomic E-state index is 12.1. The predicted octanol–water partition coefficient (Wildman–Crippen LogP) is 3.96. The van der Waals surface area contributed by atoms with Crippen LogP contribution in [0.1, 0.15) is 36.4 Å². The smallest absolute Gasteiger partial charge is 0.329 e. The first-order valence-corrected chi connectivity index (χ1v) is 8.10. The minimum absolute atomic E-state index is 0.0466. The SMILES string of the molecule is O=C(NOCc1ccccc1)NC(c1ccccc1)C1CCC1. The molecule has 1 unspecified atom stereocenters. The Morgan fingerprint density at radius 1 is 1.04 bits per heavy atom. The van der Waals surface area contributed by atoms with Gasteiger partial charge in [0.15, 0.2) is 0 Å². The molecule has 2 N–H and O–H groups in total. The highest BCUT2D eigenvalue weighted by molar-refractivity contribution is 5.73. The first-order valence-electron chi connectivity index (χ1n) is 8.10. The molecule has 2 aromatic carbocycles. The van der Waals surface area contributed by atoms with Gasteiger partial charge in [0.2, 0.25) is 0 Å². The molecular weight excluding hydrogens is 288 g/mol. The van der Waals surface area contributed by atoms with Gasteiger partial charge in [-0.1, -0.05) is 67.1 Å². The molecule has 0 radical (unpaired) electrons. The lowest BCUT2D eigenvalue weighted by Gasteiger charge is -2.34. The average molecular weight is 310 g/mol. The van der Waals surface area contributed by atoms with E-state index in [9.17, 15) is 4.79 Å². The van der Waals surface area contributed by atoms with Crippen LogP contribution < -0.4 is 10.8 Å². The molecule has 2 aromatic rings. The Kier molecular flexibility index (Phi) is 5.27. The summed E-state index contributed by atoms with van der Waals surface area (Å²) in [6.07, 6.45) is 3.55. The van der Waals surface area contributed by atoms with Crippen molar-refractivity contribution in [3.05, 3.63) is 71.8 Å². The van der Waals surface area contributed by atoms with Crippen molar-refractivity contribution in [2.45, 2.75) is 31.9 Å². The maximum atomic E-state index is 12.1. The second-order valence-corrected chi connectivity index (χ2v) is 5.93. The van der Waals surface area contributed by atoms with E-state index in [2.05, 4.69) is 22.9 Å². The molecular formula is C19H22N2O2. The van der Waals surface area contributed by atoms with Crippen molar-refractivity contribution < 1.29 is 9.63 Å². The Labute approximate surface area is 136 Å². The second-order valence-electron chi connectivity index (χ2n) is 5.93. The highest BCUT2D eigenvalue weighted by Crippen LogP contribution is 2.37. The molecule has 0 aliphatic heterocycles. The molecule has 2 amide bonds. The van der Waals surface area contributed by atoms with Gasteiger partial charge in [0.05, 0.1) is 12.6 Å². The highest BCUT2D eigenvalue weighted by Gasteiger charge is 2.29. The molecule has 1 aliphatic carbocycles. The zero-order chi connectivity index (χ0) is 15.9. The van der Waals surface area contributed by atoms with Crippen LogP contribution in [0.4, 0.5) is 4.79 Å². The Hall–Kier alpha value is -2.33. The Morgan fingerprint density at radius 3 is 2.30 bits per heavy atom. The summed E-state index contributed by atoms with van der Waals surface area (Å²) in [7, 11) is 0. The van der Waals surface area contributed by atoms with Crippen molar-refractivity contribution in [1.82, 2.24) is 10.8 Å². The van der Waals surface area contributed by atoms with Crippen LogP contribution in [0, 0.1) is 5.92 Å². The minimum Gasteiger partial charge on any atom is -0.329 e. The normalized spacial score (nSPS) is 15.5. The Morgan fingerprint density at radius 2 is 1.70 bits per heavy atom. The number of rotatable bonds is 6. The monoisotopic (exact) mass is 310 g/mol. The summed E-state index contributed by atoms with van der Waals surface area (Å²) in [6, 6.07) is 19.6. The first-order chi connectivity index (χ1) is 11.3. The van der Waals surface area contributed by atoms with E-state index in [4.69, 9.17) is 4.84 Å². The third-order valence-electron chi connectivity index (χ3n) is 4.31. The van der Waals surface area contributed by atoms with E-state index >= 15 is 0 Å². The summed E-state index contributed by atoms with van der Waals surface area (Å²) in [5.41, 5.74) is 4.65. The molecule has 0 saturated heterocycles. The fraction of sp³-hybridized carbons (Fsp3) is 0.316. The van der Waals surface area contributed by atoms with Gasteiger partial charge >= 0.3 is 6.03 Å². The van der Waals surface area contributed by atoms with Crippen molar-refractivity contribution in [3.8, 4) is 0 Å². The molecule has 4 heteroatoms. The second kappa shape index (κ2) is 7.79. The fourth-order valence-electron chi connectivity index (χ4n) is 2.84. The minimum atomic E-state index is -0.290. The molecule has 0 aromatic heterocycles. The van der Waals surface area contributed by atoms with Gasteiger partial charge in [0.1, 0.15) is 0 Å². The van der Waals surface area contributed by atoms with Crippen LogP contribution in [0.15, 0.2) is 60.7 Å². The summed E-state index contributed by atoms with van der Waals surface area (Å²) in [4.78, 5) is 17.4. The molecule has 0 bridgehead atoms. The van der Waals surface area contributed by atoms with E-state index in [1.54, 1.807) is 0 Å². The number of carbonyl (C=O) groups is 1. The summed E-state index contributed by atoms with van der Waals surface area (Å²) in [5.74, 6) is 0.511. The summed E-state index contributed by atoms with van der Waals surface area (Å²) >= 11 is 0. The fourth-order valence-corrected chi connectivity index (χ4v) is 2.84. The quantitative estimate of drug-likeness (QED) is 0.794. The number of carbonyl (C=O) groups excluding carboxylic acids is 1. The first kappa shape index (κ1) is 15.6. The van der Waals surface area contributed by atoms with Crippen molar-refractivity contribution in [3.63, 3.8) is 0 Å². The number of nitrogens with one attached hydrogen (secondary N) is 2. The third kappa shape index (κ3) is 4.33. The van der Waals surface area contributed by atoms with Gasteiger partial charge in [0, 0.05) is 0 Å². The standard InChI is InChI=1S/C19H22N2O2/c22-19(21-23-14-15-8-3-1-4-9-15)20-18(17-12-7-13-17)16-10-5-2-6-11-16/h1-6,8-11,17-18H,7,12-14H2,(H2,20,21,22). The zero-order valence-electron chi connectivity index (χ0n) is 13.1. The summed E-state index contributed by atoms with van der Waals surface area (Å²) in [5, 5.41) is 3.05. The molecule has 0 spiro atoms. The Balaban J connectivity index is 1.52. The molecule has 0 heterocycles. The van der Waals surface area contributed by atoms with Gasteiger partial charge in [-0.25, -0.2) is 10.3 Å². The molecule has 1 fully saturated rings. The summed E-state index contributed by atoms with van der Waals surface area (Å²) in [6.45, 7) is 0.355. The van der Waals surface area contributed by atoms with Crippen molar-refractivity contribution in [1.29, 1.82) is 0 Å².